The Bertz CT molecular complexity index is 257. The Balaban J connectivity index is 3.03. The van der Waals surface area contributed by atoms with Crippen molar-refractivity contribution in [2.75, 3.05) is 13.2 Å². The molecule has 0 heterocycles. The zero-order chi connectivity index (χ0) is 18.8. The minimum Gasteiger partial charge on any atom is -0.381 e. The van der Waals surface area contributed by atoms with Crippen LogP contribution >= 0.6 is 0 Å². The SMILES string of the molecule is CC(F)CCCCCCCCCCCCCCOCCCC(C)(C)C. The Kier molecular flexibility index (Phi) is 17.2. The van der Waals surface area contributed by atoms with Crippen molar-refractivity contribution in [2.24, 2.45) is 5.41 Å². The summed E-state index contributed by atoms with van der Waals surface area (Å²) in [7, 11) is 0. The first-order valence-electron chi connectivity index (χ1n) is 11.1. The number of ether oxygens (including phenoxy) is 1. The number of unbranched alkanes of at least 4 members (excludes halogenated alkanes) is 11. The molecule has 0 aliphatic carbocycles. The smallest absolute Gasteiger partial charge is 0.0973 e. The summed E-state index contributed by atoms with van der Waals surface area (Å²) < 4.78 is 18.4. The van der Waals surface area contributed by atoms with Gasteiger partial charge in [-0.3, -0.25) is 0 Å². The van der Waals surface area contributed by atoms with Gasteiger partial charge in [-0.25, -0.2) is 4.39 Å². The van der Waals surface area contributed by atoms with Crippen LogP contribution < -0.4 is 0 Å². The monoisotopic (exact) mass is 358 g/mol. The zero-order valence-corrected chi connectivity index (χ0v) is 17.9. The van der Waals surface area contributed by atoms with Crippen LogP contribution in [0.2, 0.25) is 0 Å². The first-order chi connectivity index (χ1) is 11.9. The Morgan fingerprint density at radius 3 is 1.48 bits per heavy atom. The molecule has 0 saturated heterocycles. The van der Waals surface area contributed by atoms with Crippen molar-refractivity contribution in [3.05, 3.63) is 0 Å². The number of rotatable bonds is 18. The molecule has 25 heavy (non-hydrogen) atoms. The van der Waals surface area contributed by atoms with Gasteiger partial charge in [-0.2, -0.15) is 0 Å². The maximum Gasteiger partial charge on any atom is 0.0973 e. The fourth-order valence-corrected chi connectivity index (χ4v) is 3.20. The zero-order valence-electron chi connectivity index (χ0n) is 17.9. The van der Waals surface area contributed by atoms with Crippen LogP contribution in [0.1, 0.15) is 124 Å². The van der Waals surface area contributed by atoms with Gasteiger partial charge in [0.15, 0.2) is 0 Å². The third kappa shape index (κ3) is 23.9. The summed E-state index contributed by atoms with van der Waals surface area (Å²) in [4.78, 5) is 0. The highest BCUT2D eigenvalue weighted by atomic mass is 19.1. The molecule has 0 aromatic rings. The van der Waals surface area contributed by atoms with Gasteiger partial charge in [0.1, 0.15) is 0 Å². The van der Waals surface area contributed by atoms with Crippen LogP contribution in [-0.2, 0) is 4.74 Å². The lowest BCUT2D eigenvalue weighted by atomic mass is 9.91. The van der Waals surface area contributed by atoms with Crippen LogP contribution in [0.25, 0.3) is 0 Å². The highest BCUT2D eigenvalue weighted by Gasteiger charge is 2.08. The van der Waals surface area contributed by atoms with E-state index in [0.717, 1.165) is 26.1 Å². The summed E-state index contributed by atoms with van der Waals surface area (Å²) in [5.41, 5.74) is 0.442. The van der Waals surface area contributed by atoms with Crippen molar-refractivity contribution >= 4 is 0 Å². The highest BCUT2D eigenvalue weighted by molar-refractivity contribution is 4.60. The normalized spacial score (nSPS) is 13.3. The van der Waals surface area contributed by atoms with E-state index in [1.165, 1.54) is 83.5 Å². The third-order valence-corrected chi connectivity index (χ3v) is 4.86. The molecule has 0 fully saturated rings. The molecule has 0 N–H and O–H groups in total. The second-order valence-electron chi connectivity index (χ2n) is 9.09. The van der Waals surface area contributed by atoms with E-state index < -0.39 is 6.17 Å². The van der Waals surface area contributed by atoms with Crippen LogP contribution in [0.4, 0.5) is 4.39 Å². The maximum atomic E-state index is 12.6. The summed E-state index contributed by atoms with van der Waals surface area (Å²) >= 11 is 0. The molecule has 0 aliphatic heterocycles. The van der Waals surface area contributed by atoms with Gasteiger partial charge in [-0.15, -0.1) is 0 Å². The van der Waals surface area contributed by atoms with Crippen molar-refractivity contribution in [1.29, 1.82) is 0 Å². The van der Waals surface area contributed by atoms with E-state index in [-0.39, 0.29) is 0 Å². The summed E-state index contributed by atoms with van der Waals surface area (Å²) in [5.74, 6) is 0. The average molecular weight is 359 g/mol. The molecule has 0 amide bonds. The Labute approximate surface area is 158 Å². The summed E-state index contributed by atoms with van der Waals surface area (Å²) in [5, 5.41) is 0. The van der Waals surface area contributed by atoms with E-state index in [1.807, 2.05) is 0 Å². The standard InChI is InChI=1S/C23H47FO/c1-22(24)18-15-13-11-9-7-5-6-8-10-12-14-16-20-25-21-17-19-23(2,3)4/h22H,5-21H2,1-4H3. The van der Waals surface area contributed by atoms with Crippen molar-refractivity contribution in [3.63, 3.8) is 0 Å². The van der Waals surface area contributed by atoms with E-state index >= 15 is 0 Å². The van der Waals surface area contributed by atoms with Gasteiger partial charge in [0.25, 0.3) is 0 Å². The van der Waals surface area contributed by atoms with E-state index in [4.69, 9.17) is 4.74 Å². The number of halogens is 1. The molecule has 1 unspecified atom stereocenters. The lowest BCUT2D eigenvalue weighted by Gasteiger charge is -2.17. The highest BCUT2D eigenvalue weighted by Crippen LogP contribution is 2.20. The first-order valence-corrected chi connectivity index (χ1v) is 11.1. The van der Waals surface area contributed by atoms with Gasteiger partial charge < -0.3 is 4.74 Å². The number of hydrogen-bond donors (Lipinski definition) is 0. The maximum absolute atomic E-state index is 12.6. The van der Waals surface area contributed by atoms with Gasteiger partial charge >= 0.3 is 0 Å². The summed E-state index contributed by atoms with van der Waals surface area (Å²) in [6, 6.07) is 0. The Hall–Kier alpha value is -0.110. The van der Waals surface area contributed by atoms with Crippen molar-refractivity contribution < 1.29 is 9.13 Å². The fourth-order valence-electron chi connectivity index (χ4n) is 3.20. The molecule has 0 aromatic heterocycles. The molecule has 1 nitrogen and oxygen atoms in total. The molecular formula is C23H47FO. The van der Waals surface area contributed by atoms with Crippen molar-refractivity contribution in [2.45, 2.75) is 130 Å². The van der Waals surface area contributed by atoms with Crippen LogP contribution in [-0.4, -0.2) is 19.4 Å². The lowest BCUT2D eigenvalue weighted by molar-refractivity contribution is 0.118. The van der Waals surface area contributed by atoms with E-state index in [2.05, 4.69) is 20.8 Å². The minimum absolute atomic E-state index is 0.442. The van der Waals surface area contributed by atoms with Gasteiger partial charge in [0.05, 0.1) is 6.17 Å². The van der Waals surface area contributed by atoms with Crippen LogP contribution in [0.15, 0.2) is 0 Å². The molecule has 0 saturated carbocycles. The largest absolute Gasteiger partial charge is 0.381 e. The lowest BCUT2D eigenvalue weighted by Crippen LogP contribution is -2.07. The van der Waals surface area contributed by atoms with Crippen LogP contribution in [0.3, 0.4) is 0 Å². The molecule has 0 radical (unpaired) electrons. The molecule has 0 aliphatic rings. The van der Waals surface area contributed by atoms with Crippen molar-refractivity contribution in [3.8, 4) is 0 Å². The molecule has 1 atom stereocenters. The van der Waals surface area contributed by atoms with Gasteiger partial charge in [0, 0.05) is 13.2 Å². The predicted octanol–water partition coefficient (Wildman–Crippen LogP) is 8.26. The summed E-state index contributed by atoms with van der Waals surface area (Å²) in [6.45, 7) is 10.4. The predicted molar refractivity (Wildman–Crippen MR) is 110 cm³/mol. The molecule has 2 heteroatoms. The van der Waals surface area contributed by atoms with Gasteiger partial charge in [0.2, 0.25) is 0 Å². The molecular weight excluding hydrogens is 311 g/mol. The second-order valence-corrected chi connectivity index (χ2v) is 9.09. The quantitative estimate of drug-likeness (QED) is 0.224. The van der Waals surface area contributed by atoms with E-state index in [9.17, 15) is 4.39 Å². The molecule has 0 aromatic carbocycles. The van der Waals surface area contributed by atoms with Gasteiger partial charge in [-0.1, -0.05) is 91.4 Å². The molecule has 0 bridgehead atoms. The Morgan fingerprint density at radius 1 is 0.640 bits per heavy atom. The first kappa shape index (κ1) is 24.9. The topological polar surface area (TPSA) is 9.23 Å². The average Bonchev–Trinajstić information content (AvgIpc) is 2.52. The van der Waals surface area contributed by atoms with Crippen LogP contribution in [0.5, 0.6) is 0 Å². The van der Waals surface area contributed by atoms with E-state index in [1.54, 1.807) is 6.92 Å². The summed E-state index contributed by atoms with van der Waals surface area (Å²) in [6.07, 6.45) is 18.4. The van der Waals surface area contributed by atoms with Crippen LogP contribution in [0, 0.1) is 5.41 Å². The van der Waals surface area contributed by atoms with Crippen molar-refractivity contribution in [1.82, 2.24) is 0 Å². The molecule has 152 valence electrons. The number of hydrogen-bond acceptors (Lipinski definition) is 1. The van der Waals surface area contributed by atoms with E-state index in [0.29, 0.717) is 5.41 Å². The number of alkyl halides is 1. The minimum atomic E-state index is -0.611. The molecule has 0 spiro atoms. The second kappa shape index (κ2) is 17.3. The fraction of sp³-hybridized carbons (Fsp3) is 1.00. The Morgan fingerprint density at radius 2 is 1.04 bits per heavy atom. The molecule has 0 rings (SSSR count). The third-order valence-electron chi connectivity index (χ3n) is 4.86. The van der Waals surface area contributed by atoms with Gasteiger partial charge in [-0.05, 0) is 38.0 Å².